The minimum Gasteiger partial charge on any atom is -0.452 e. The zero-order valence-electron chi connectivity index (χ0n) is 18.3. The fourth-order valence-corrected chi connectivity index (χ4v) is 3.61. The molecule has 2 aromatic rings. The molecule has 178 valence electrons. The lowest BCUT2D eigenvalue weighted by Gasteiger charge is -2.34. The van der Waals surface area contributed by atoms with E-state index in [-0.39, 0.29) is 36.1 Å². The Bertz CT molecular complexity index is 1010. The Balaban J connectivity index is 1.48. The maximum atomic E-state index is 12.7. The first-order valence-electron chi connectivity index (χ1n) is 10.3. The van der Waals surface area contributed by atoms with E-state index in [1.54, 1.807) is 17.0 Å². The first-order valence-corrected chi connectivity index (χ1v) is 10.3. The van der Waals surface area contributed by atoms with E-state index in [0.29, 0.717) is 18.8 Å². The van der Waals surface area contributed by atoms with Crippen LogP contribution in [0.15, 0.2) is 36.4 Å². The molecule has 3 amide bonds. The highest BCUT2D eigenvalue weighted by Gasteiger charge is 2.31. The number of carbonyl (C=O) groups excluding carboxylic acids is 3. The Morgan fingerprint density at radius 2 is 1.61 bits per heavy atom. The van der Waals surface area contributed by atoms with Crippen LogP contribution in [0.4, 0.5) is 23.7 Å². The van der Waals surface area contributed by atoms with Gasteiger partial charge in [-0.3, -0.25) is 4.79 Å². The predicted octanol–water partition coefficient (Wildman–Crippen LogP) is 3.20. The van der Waals surface area contributed by atoms with Crippen LogP contribution in [-0.2, 0) is 16.1 Å². The van der Waals surface area contributed by atoms with Crippen molar-refractivity contribution in [1.82, 2.24) is 14.4 Å². The van der Waals surface area contributed by atoms with Crippen LogP contribution in [0.5, 0.6) is 0 Å². The van der Waals surface area contributed by atoms with Crippen molar-refractivity contribution in [2.45, 2.75) is 26.6 Å². The number of para-hydroxylation sites is 1. The Morgan fingerprint density at radius 1 is 1.00 bits per heavy atom. The third-order valence-electron chi connectivity index (χ3n) is 5.40. The number of anilines is 1. The van der Waals surface area contributed by atoms with E-state index in [0.717, 1.165) is 4.57 Å². The number of hydrogen-bond acceptors (Lipinski definition) is 4. The second-order valence-electron chi connectivity index (χ2n) is 7.73. The maximum Gasteiger partial charge on any atom is 0.406 e. The minimum absolute atomic E-state index is 0.00745. The van der Waals surface area contributed by atoms with Crippen molar-refractivity contribution in [3.8, 4) is 0 Å². The Hall–Kier alpha value is -3.50. The molecule has 0 spiro atoms. The molecular weight excluding hydrogens is 441 g/mol. The SMILES string of the molecule is Cc1cc(C(=O)OCC(=O)N2CCN(C(=O)Nc3ccccc3)CC2)c(C)n1CC(F)(F)F. The van der Waals surface area contributed by atoms with Crippen LogP contribution in [0.2, 0.25) is 0 Å². The summed E-state index contributed by atoms with van der Waals surface area (Å²) in [6.07, 6.45) is -4.42. The van der Waals surface area contributed by atoms with Gasteiger partial charge in [-0.25, -0.2) is 9.59 Å². The maximum absolute atomic E-state index is 12.7. The normalized spacial score (nSPS) is 14.2. The summed E-state index contributed by atoms with van der Waals surface area (Å²) < 4.78 is 44.3. The molecule has 0 aliphatic carbocycles. The molecule has 2 heterocycles. The lowest BCUT2D eigenvalue weighted by molar-refractivity contribution is -0.141. The first kappa shape index (κ1) is 24.1. The van der Waals surface area contributed by atoms with Crippen LogP contribution < -0.4 is 5.32 Å². The zero-order valence-corrected chi connectivity index (χ0v) is 18.3. The molecule has 0 bridgehead atoms. The Kier molecular flexibility index (Phi) is 7.29. The molecule has 0 atom stereocenters. The molecule has 3 rings (SSSR count). The number of urea groups is 1. The number of benzene rings is 1. The number of carbonyl (C=O) groups is 3. The van der Waals surface area contributed by atoms with Gasteiger partial charge in [0.25, 0.3) is 5.91 Å². The number of halogens is 3. The number of nitrogens with zero attached hydrogens (tertiary/aromatic N) is 3. The molecule has 0 radical (unpaired) electrons. The van der Waals surface area contributed by atoms with Crippen LogP contribution in [-0.4, -0.2) is 71.2 Å². The number of aromatic nitrogens is 1. The lowest BCUT2D eigenvalue weighted by Crippen LogP contribution is -2.52. The fourth-order valence-electron chi connectivity index (χ4n) is 3.61. The molecule has 1 aliphatic rings. The van der Waals surface area contributed by atoms with Crippen molar-refractivity contribution in [3.05, 3.63) is 53.3 Å². The van der Waals surface area contributed by atoms with E-state index in [1.807, 2.05) is 18.2 Å². The Labute approximate surface area is 188 Å². The third-order valence-corrected chi connectivity index (χ3v) is 5.40. The van der Waals surface area contributed by atoms with Crippen LogP contribution in [0, 0.1) is 13.8 Å². The highest BCUT2D eigenvalue weighted by Crippen LogP contribution is 2.23. The summed E-state index contributed by atoms with van der Waals surface area (Å²) in [4.78, 5) is 40.2. The molecule has 0 unspecified atom stereocenters. The molecule has 8 nitrogen and oxygen atoms in total. The second-order valence-corrected chi connectivity index (χ2v) is 7.73. The highest BCUT2D eigenvalue weighted by atomic mass is 19.4. The predicted molar refractivity (Wildman–Crippen MR) is 114 cm³/mol. The van der Waals surface area contributed by atoms with E-state index < -0.39 is 31.2 Å². The monoisotopic (exact) mass is 466 g/mol. The van der Waals surface area contributed by atoms with Gasteiger partial charge in [-0.05, 0) is 32.0 Å². The van der Waals surface area contributed by atoms with Gasteiger partial charge in [0.1, 0.15) is 6.54 Å². The van der Waals surface area contributed by atoms with Crippen molar-refractivity contribution in [3.63, 3.8) is 0 Å². The quantitative estimate of drug-likeness (QED) is 0.686. The summed E-state index contributed by atoms with van der Waals surface area (Å²) in [5, 5.41) is 2.78. The van der Waals surface area contributed by atoms with Gasteiger partial charge in [0.05, 0.1) is 5.56 Å². The zero-order chi connectivity index (χ0) is 24.2. The standard InChI is InChI=1S/C22H25F3N4O4/c1-15-12-18(16(2)29(15)14-22(23,24)25)20(31)33-13-19(30)27-8-10-28(11-9-27)21(32)26-17-6-4-3-5-7-17/h3-7,12H,8-11,13-14H2,1-2H3,(H,26,32). The molecule has 1 fully saturated rings. The summed E-state index contributed by atoms with van der Waals surface area (Å²) >= 11 is 0. The van der Waals surface area contributed by atoms with Gasteiger partial charge in [-0.1, -0.05) is 18.2 Å². The lowest BCUT2D eigenvalue weighted by atomic mass is 10.2. The van der Waals surface area contributed by atoms with Crippen molar-refractivity contribution in [2.24, 2.45) is 0 Å². The van der Waals surface area contributed by atoms with E-state index in [4.69, 9.17) is 4.74 Å². The third kappa shape index (κ3) is 6.27. The number of esters is 1. The number of aryl methyl sites for hydroxylation is 1. The van der Waals surface area contributed by atoms with Crippen LogP contribution in [0.1, 0.15) is 21.7 Å². The molecule has 1 aromatic carbocycles. The largest absolute Gasteiger partial charge is 0.452 e. The molecule has 11 heteroatoms. The first-order chi connectivity index (χ1) is 15.5. The van der Waals surface area contributed by atoms with Gasteiger partial charge < -0.3 is 24.4 Å². The average molecular weight is 466 g/mol. The number of alkyl halides is 3. The van der Waals surface area contributed by atoms with Gasteiger partial charge in [-0.2, -0.15) is 13.2 Å². The summed E-state index contributed by atoms with van der Waals surface area (Å²) in [5.74, 6) is -1.29. The summed E-state index contributed by atoms with van der Waals surface area (Å²) in [5.41, 5.74) is 1.06. The Morgan fingerprint density at radius 3 is 2.21 bits per heavy atom. The van der Waals surface area contributed by atoms with Crippen molar-refractivity contribution < 1.29 is 32.3 Å². The molecule has 0 saturated carbocycles. The van der Waals surface area contributed by atoms with Crippen molar-refractivity contribution in [2.75, 3.05) is 38.1 Å². The smallest absolute Gasteiger partial charge is 0.406 e. The van der Waals surface area contributed by atoms with Crippen LogP contribution in [0.25, 0.3) is 0 Å². The van der Waals surface area contributed by atoms with E-state index in [2.05, 4.69) is 5.32 Å². The van der Waals surface area contributed by atoms with Gasteiger partial charge in [0, 0.05) is 43.3 Å². The summed E-state index contributed by atoms with van der Waals surface area (Å²) in [7, 11) is 0. The van der Waals surface area contributed by atoms with Crippen LogP contribution in [0.3, 0.4) is 0 Å². The van der Waals surface area contributed by atoms with Crippen molar-refractivity contribution in [1.29, 1.82) is 0 Å². The topological polar surface area (TPSA) is 83.9 Å². The highest BCUT2D eigenvalue weighted by molar-refractivity contribution is 5.93. The number of piperazine rings is 1. The van der Waals surface area contributed by atoms with Crippen LogP contribution >= 0.6 is 0 Å². The molecule has 1 aromatic heterocycles. The number of nitrogens with one attached hydrogen (secondary N) is 1. The second kappa shape index (κ2) is 9.97. The average Bonchev–Trinajstić information content (AvgIpc) is 3.05. The molecule has 1 aliphatic heterocycles. The molecule has 1 saturated heterocycles. The van der Waals surface area contributed by atoms with Gasteiger partial charge in [0.2, 0.25) is 0 Å². The summed E-state index contributed by atoms with van der Waals surface area (Å²) in [6.45, 7) is 2.31. The van der Waals surface area contributed by atoms with E-state index in [9.17, 15) is 27.6 Å². The number of ether oxygens (including phenoxy) is 1. The number of rotatable bonds is 5. The van der Waals surface area contributed by atoms with Gasteiger partial charge in [-0.15, -0.1) is 0 Å². The number of hydrogen-bond donors (Lipinski definition) is 1. The molecule has 33 heavy (non-hydrogen) atoms. The summed E-state index contributed by atoms with van der Waals surface area (Å²) in [6, 6.07) is 10.0. The molecule has 1 N–H and O–H groups in total. The van der Waals surface area contributed by atoms with E-state index >= 15 is 0 Å². The minimum atomic E-state index is -4.42. The van der Waals surface area contributed by atoms with Crippen molar-refractivity contribution >= 4 is 23.6 Å². The molecular formula is C22H25F3N4O4. The fraction of sp³-hybridized carbons (Fsp3) is 0.409. The number of amides is 3. The van der Waals surface area contributed by atoms with Gasteiger partial charge in [0.15, 0.2) is 6.61 Å². The van der Waals surface area contributed by atoms with Gasteiger partial charge >= 0.3 is 18.2 Å². The van der Waals surface area contributed by atoms with E-state index in [1.165, 1.54) is 24.8 Å².